The van der Waals surface area contributed by atoms with Crippen LogP contribution in [0.15, 0.2) is 27.6 Å². The van der Waals surface area contributed by atoms with Crippen LogP contribution in [0.3, 0.4) is 0 Å². The maximum Gasteiger partial charge on any atom is 0.244 e. The van der Waals surface area contributed by atoms with Gasteiger partial charge in [0.15, 0.2) is 0 Å². The number of nitrogens with one attached hydrogen (secondary N) is 1. The minimum Gasteiger partial charge on any atom is -0.316 e. The highest BCUT2D eigenvalue weighted by Crippen LogP contribution is 2.33. The predicted molar refractivity (Wildman–Crippen MR) is 88.7 cm³/mol. The highest BCUT2D eigenvalue weighted by molar-refractivity contribution is 9.10. The molecule has 1 fully saturated rings. The van der Waals surface area contributed by atoms with Crippen LogP contribution in [0.1, 0.15) is 31.7 Å². The first-order chi connectivity index (χ1) is 9.98. The Bertz CT molecular complexity index is 585. The van der Waals surface area contributed by atoms with Crippen LogP contribution in [0.4, 0.5) is 0 Å². The maximum absolute atomic E-state index is 12.9. The lowest BCUT2D eigenvalue weighted by molar-refractivity contribution is 0.395. The quantitative estimate of drug-likeness (QED) is 0.760. The van der Waals surface area contributed by atoms with Gasteiger partial charge < -0.3 is 5.32 Å². The standard InChI is InChI=1S/C15H23BrN2O2S/c1-3-8-18(11-12-4-5-12)21(19,20)15-7-6-13(10-17-2)9-14(15)16/h6-7,9,12,17H,3-5,8,10-11H2,1-2H3. The van der Waals surface area contributed by atoms with Gasteiger partial charge in [0.25, 0.3) is 0 Å². The summed E-state index contributed by atoms with van der Waals surface area (Å²) in [5.41, 5.74) is 1.06. The molecule has 0 atom stereocenters. The molecule has 0 aromatic heterocycles. The molecule has 4 nitrogen and oxygen atoms in total. The number of hydrogen-bond acceptors (Lipinski definition) is 3. The highest BCUT2D eigenvalue weighted by Gasteiger charge is 2.32. The molecule has 21 heavy (non-hydrogen) atoms. The third-order valence-corrected chi connectivity index (χ3v) is 6.47. The van der Waals surface area contributed by atoms with Gasteiger partial charge in [-0.2, -0.15) is 4.31 Å². The molecule has 2 rings (SSSR count). The fraction of sp³-hybridized carbons (Fsp3) is 0.600. The van der Waals surface area contributed by atoms with Crippen LogP contribution in [0.2, 0.25) is 0 Å². The Hall–Kier alpha value is -0.430. The fourth-order valence-electron chi connectivity index (χ4n) is 2.35. The lowest BCUT2D eigenvalue weighted by atomic mass is 10.2. The van der Waals surface area contributed by atoms with E-state index in [1.54, 1.807) is 10.4 Å². The number of rotatable bonds is 8. The van der Waals surface area contributed by atoms with Crippen molar-refractivity contribution in [1.82, 2.24) is 9.62 Å². The molecule has 0 radical (unpaired) electrons. The summed E-state index contributed by atoms with van der Waals surface area (Å²) in [7, 11) is -1.54. The van der Waals surface area contributed by atoms with Crippen molar-refractivity contribution in [3.05, 3.63) is 28.2 Å². The van der Waals surface area contributed by atoms with Gasteiger partial charge in [0.2, 0.25) is 10.0 Å². The molecule has 0 bridgehead atoms. The molecule has 0 aliphatic heterocycles. The molecular weight excluding hydrogens is 352 g/mol. The minimum atomic E-state index is -3.41. The van der Waals surface area contributed by atoms with Gasteiger partial charge in [0.05, 0.1) is 4.90 Å². The number of sulfonamides is 1. The van der Waals surface area contributed by atoms with Gasteiger partial charge in [-0.1, -0.05) is 13.0 Å². The molecule has 1 saturated carbocycles. The summed E-state index contributed by atoms with van der Waals surface area (Å²) in [5, 5.41) is 3.07. The molecule has 6 heteroatoms. The maximum atomic E-state index is 12.9. The molecule has 0 amide bonds. The number of benzene rings is 1. The summed E-state index contributed by atoms with van der Waals surface area (Å²) >= 11 is 3.42. The summed E-state index contributed by atoms with van der Waals surface area (Å²) in [6, 6.07) is 5.46. The fourth-order valence-corrected chi connectivity index (χ4v) is 5.05. The SMILES string of the molecule is CCCN(CC1CC1)S(=O)(=O)c1ccc(CNC)cc1Br. The molecule has 0 heterocycles. The number of hydrogen-bond donors (Lipinski definition) is 1. The Morgan fingerprint density at radius 2 is 2.10 bits per heavy atom. The van der Waals surface area contributed by atoms with Gasteiger partial charge in [0.1, 0.15) is 0 Å². The van der Waals surface area contributed by atoms with Gasteiger partial charge in [0, 0.05) is 24.1 Å². The van der Waals surface area contributed by atoms with Crippen LogP contribution in [0, 0.1) is 5.92 Å². The molecule has 1 aliphatic rings. The monoisotopic (exact) mass is 374 g/mol. The van der Waals surface area contributed by atoms with E-state index in [-0.39, 0.29) is 0 Å². The van der Waals surface area contributed by atoms with Crippen molar-refractivity contribution in [2.75, 3.05) is 20.1 Å². The van der Waals surface area contributed by atoms with Crippen molar-refractivity contribution >= 4 is 26.0 Å². The largest absolute Gasteiger partial charge is 0.316 e. The number of nitrogens with zero attached hydrogens (tertiary/aromatic N) is 1. The second-order valence-electron chi connectivity index (χ2n) is 5.60. The van der Waals surface area contributed by atoms with Gasteiger partial charge >= 0.3 is 0 Å². The summed E-state index contributed by atoms with van der Waals surface area (Å²) in [6.07, 6.45) is 3.14. The molecule has 0 saturated heterocycles. The Morgan fingerprint density at radius 3 is 2.62 bits per heavy atom. The van der Waals surface area contributed by atoms with E-state index in [0.29, 0.717) is 28.4 Å². The molecule has 0 unspecified atom stereocenters. The van der Waals surface area contributed by atoms with Gasteiger partial charge in [-0.3, -0.25) is 0 Å². The summed E-state index contributed by atoms with van der Waals surface area (Å²) in [5.74, 6) is 0.550. The molecule has 0 spiro atoms. The van der Waals surface area contributed by atoms with E-state index in [9.17, 15) is 8.42 Å². The first kappa shape index (κ1) is 16.9. The van der Waals surface area contributed by atoms with Crippen molar-refractivity contribution in [1.29, 1.82) is 0 Å². The normalized spacial score (nSPS) is 15.6. The lowest BCUT2D eigenvalue weighted by Gasteiger charge is -2.22. The Labute approximate surface area is 136 Å². The second kappa shape index (κ2) is 7.22. The molecular formula is C15H23BrN2O2S. The van der Waals surface area contributed by atoms with Gasteiger partial charge in [-0.25, -0.2) is 8.42 Å². The smallest absolute Gasteiger partial charge is 0.244 e. The van der Waals surface area contributed by atoms with E-state index in [1.807, 2.05) is 26.1 Å². The predicted octanol–water partition coefficient (Wildman–Crippen LogP) is 2.98. The van der Waals surface area contributed by atoms with Crippen LogP contribution < -0.4 is 5.32 Å². The van der Waals surface area contributed by atoms with E-state index in [2.05, 4.69) is 21.2 Å². The number of halogens is 1. The van der Waals surface area contributed by atoms with Crippen LogP contribution >= 0.6 is 15.9 Å². The zero-order valence-corrected chi connectivity index (χ0v) is 15.0. The molecule has 1 aromatic carbocycles. The van der Waals surface area contributed by atoms with Crippen LogP contribution in [-0.2, 0) is 16.6 Å². The Balaban J connectivity index is 2.27. The zero-order chi connectivity index (χ0) is 15.5. The second-order valence-corrected chi connectivity index (χ2v) is 8.36. The van der Waals surface area contributed by atoms with Gasteiger partial charge in [-0.15, -0.1) is 0 Å². The van der Waals surface area contributed by atoms with Crippen molar-refractivity contribution < 1.29 is 8.42 Å². The molecule has 1 aliphatic carbocycles. The third-order valence-electron chi connectivity index (χ3n) is 3.63. The summed E-state index contributed by atoms with van der Waals surface area (Å²) in [4.78, 5) is 0.372. The minimum absolute atomic E-state index is 0.372. The van der Waals surface area contributed by atoms with Crippen molar-refractivity contribution in [2.45, 2.75) is 37.6 Å². The average Bonchev–Trinajstić information content (AvgIpc) is 3.22. The average molecular weight is 375 g/mol. The Morgan fingerprint density at radius 1 is 1.38 bits per heavy atom. The summed E-state index contributed by atoms with van der Waals surface area (Å²) < 4.78 is 28.0. The third kappa shape index (κ3) is 4.28. The van der Waals surface area contributed by atoms with Crippen LogP contribution in [0.25, 0.3) is 0 Å². The molecule has 1 N–H and O–H groups in total. The zero-order valence-electron chi connectivity index (χ0n) is 12.6. The first-order valence-corrected chi connectivity index (χ1v) is 9.65. The van der Waals surface area contributed by atoms with E-state index in [0.717, 1.165) is 31.4 Å². The van der Waals surface area contributed by atoms with Crippen LogP contribution in [-0.4, -0.2) is 32.9 Å². The lowest BCUT2D eigenvalue weighted by Crippen LogP contribution is -2.34. The molecule has 118 valence electrons. The van der Waals surface area contributed by atoms with Crippen molar-refractivity contribution in [3.8, 4) is 0 Å². The Kier molecular flexibility index (Phi) is 5.82. The van der Waals surface area contributed by atoms with Crippen molar-refractivity contribution in [3.63, 3.8) is 0 Å². The van der Waals surface area contributed by atoms with E-state index in [4.69, 9.17) is 0 Å². The van der Waals surface area contributed by atoms with E-state index >= 15 is 0 Å². The topological polar surface area (TPSA) is 49.4 Å². The van der Waals surface area contributed by atoms with Crippen LogP contribution in [0.5, 0.6) is 0 Å². The van der Waals surface area contributed by atoms with E-state index in [1.165, 1.54) is 0 Å². The summed E-state index contributed by atoms with van der Waals surface area (Å²) in [6.45, 7) is 3.98. The van der Waals surface area contributed by atoms with E-state index < -0.39 is 10.0 Å². The van der Waals surface area contributed by atoms with Gasteiger partial charge in [-0.05, 0) is 65.9 Å². The molecule has 1 aromatic rings. The highest BCUT2D eigenvalue weighted by atomic mass is 79.9. The first-order valence-electron chi connectivity index (χ1n) is 7.42. The van der Waals surface area contributed by atoms with Crippen molar-refractivity contribution in [2.24, 2.45) is 5.92 Å².